The van der Waals surface area contributed by atoms with Crippen LogP contribution in [0.25, 0.3) is 0 Å². The highest BCUT2D eigenvalue weighted by Crippen LogP contribution is 2.37. The van der Waals surface area contributed by atoms with Gasteiger partial charge in [-0.25, -0.2) is 8.78 Å². The Bertz CT molecular complexity index is 366. The second kappa shape index (κ2) is 4.11. The van der Waals surface area contributed by atoms with Crippen molar-refractivity contribution in [1.82, 2.24) is 0 Å². The summed E-state index contributed by atoms with van der Waals surface area (Å²) in [4.78, 5) is 0. The average molecular weight is 227 g/mol. The van der Waals surface area contributed by atoms with E-state index in [1.807, 2.05) is 0 Å². The molecule has 88 valence electrons. The van der Waals surface area contributed by atoms with Gasteiger partial charge in [0.25, 0.3) is 0 Å². The van der Waals surface area contributed by atoms with Gasteiger partial charge in [0.1, 0.15) is 11.6 Å². The highest BCUT2D eigenvalue weighted by molar-refractivity contribution is 5.28. The van der Waals surface area contributed by atoms with Gasteiger partial charge in [-0.3, -0.25) is 0 Å². The first-order valence-corrected chi connectivity index (χ1v) is 5.44. The normalized spacial score (nSPS) is 30.4. The van der Waals surface area contributed by atoms with E-state index in [1.165, 1.54) is 18.2 Å². The molecule has 0 bridgehead atoms. The molecule has 1 saturated carbocycles. The van der Waals surface area contributed by atoms with E-state index in [9.17, 15) is 13.9 Å². The number of hydrogen-bond acceptors (Lipinski definition) is 2. The van der Waals surface area contributed by atoms with Crippen LogP contribution in [-0.2, 0) is 5.54 Å². The minimum Gasteiger partial charge on any atom is -0.393 e. The molecule has 0 aromatic heterocycles. The fraction of sp³-hybridized carbons (Fsp3) is 0.500. The molecule has 1 aliphatic rings. The molecule has 1 aliphatic carbocycles. The molecule has 1 aromatic rings. The van der Waals surface area contributed by atoms with Crippen LogP contribution in [0.3, 0.4) is 0 Å². The lowest BCUT2D eigenvalue weighted by atomic mass is 9.76. The van der Waals surface area contributed by atoms with Gasteiger partial charge in [-0.1, -0.05) is 6.07 Å². The number of aliphatic hydroxyl groups is 1. The van der Waals surface area contributed by atoms with Crippen molar-refractivity contribution in [3.8, 4) is 0 Å². The van der Waals surface area contributed by atoms with E-state index < -0.39 is 23.3 Å². The van der Waals surface area contributed by atoms with Gasteiger partial charge in [-0.2, -0.15) is 0 Å². The molecule has 0 unspecified atom stereocenters. The number of hydrogen-bond donors (Lipinski definition) is 2. The van der Waals surface area contributed by atoms with Gasteiger partial charge in [0.05, 0.1) is 6.10 Å². The monoisotopic (exact) mass is 227 g/mol. The second-order valence-electron chi connectivity index (χ2n) is 4.48. The molecule has 0 aliphatic heterocycles. The summed E-state index contributed by atoms with van der Waals surface area (Å²) in [6.45, 7) is 0. The summed E-state index contributed by atoms with van der Waals surface area (Å²) < 4.78 is 27.2. The Morgan fingerprint density at radius 1 is 1.19 bits per heavy atom. The summed E-state index contributed by atoms with van der Waals surface area (Å²) in [5.74, 6) is -1.20. The molecule has 1 aromatic carbocycles. The van der Waals surface area contributed by atoms with Crippen LogP contribution in [0.15, 0.2) is 18.2 Å². The Labute approximate surface area is 93.1 Å². The largest absolute Gasteiger partial charge is 0.393 e. The summed E-state index contributed by atoms with van der Waals surface area (Å²) in [5.41, 5.74) is 5.04. The number of nitrogens with two attached hydrogens (primary N) is 1. The smallest absolute Gasteiger partial charge is 0.131 e. The third-order valence-corrected chi connectivity index (χ3v) is 3.31. The molecule has 2 nitrogen and oxygen atoms in total. The highest BCUT2D eigenvalue weighted by atomic mass is 19.1. The van der Waals surface area contributed by atoms with Crippen LogP contribution in [-0.4, -0.2) is 11.2 Å². The Hall–Kier alpha value is -1.00. The Balaban J connectivity index is 2.36. The fourth-order valence-corrected chi connectivity index (χ4v) is 2.34. The molecule has 0 heterocycles. The minimum absolute atomic E-state index is 0.0399. The predicted octanol–water partition coefficient (Wildman–Crippen LogP) is 2.05. The first-order chi connectivity index (χ1) is 7.53. The molecule has 1 fully saturated rings. The molecule has 4 heteroatoms. The summed E-state index contributed by atoms with van der Waals surface area (Å²) in [6, 6.07) is 3.77. The van der Waals surface area contributed by atoms with Gasteiger partial charge < -0.3 is 10.8 Å². The fourth-order valence-electron chi connectivity index (χ4n) is 2.34. The third-order valence-electron chi connectivity index (χ3n) is 3.31. The Kier molecular flexibility index (Phi) is 2.95. The van der Waals surface area contributed by atoms with Gasteiger partial charge in [0.2, 0.25) is 0 Å². The maximum absolute atomic E-state index is 13.6. The van der Waals surface area contributed by atoms with Gasteiger partial charge in [0.15, 0.2) is 0 Å². The number of benzene rings is 1. The zero-order valence-corrected chi connectivity index (χ0v) is 8.92. The molecule has 2 rings (SSSR count). The summed E-state index contributed by atoms with van der Waals surface area (Å²) >= 11 is 0. The molecule has 0 saturated heterocycles. The van der Waals surface area contributed by atoms with Gasteiger partial charge >= 0.3 is 0 Å². The SMILES string of the molecule is NC1(c2c(F)cccc2F)CCC(O)CC1. The van der Waals surface area contributed by atoms with Crippen LogP contribution >= 0.6 is 0 Å². The molecular formula is C12H15F2NO. The lowest BCUT2D eigenvalue weighted by Crippen LogP contribution is -2.43. The summed E-state index contributed by atoms with van der Waals surface area (Å²) in [6.07, 6.45) is 1.40. The van der Waals surface area contributed by atoms with Crippen molar-refractivity contribution in [2.24, 2.45) is 5.73 Å². The second-order valence-corrected chi connectivity index (χ2v) is 4.48. The van der Waals surface area contributed by atoms with Crippen molar-refractivity contribution in [1.29, 1.82) is 0 Å². The third kappa shape index (κ3) is 1.95. The summed E-state index contributed by atoms with van der Waals surface area (Å²) in [5, 5.41) is 9.38. The van der Waals surface area contributed by atoms with E-state index in [4.69, 9.17) is 5.73 Å². The van der Waals surface area contributed by atoms with E-state index in [2.05, 4.69) is 0 Å². The van der Waals surface area contributed by atoms with Crippen molar-refractivity contribution in [3.05, 3.63) is 35.4 Å². The topological polar surface area (TPSA) is 46.2 Å². The zero-order chi connectivity index (χ0) is 11.8. The lowest BCUT2D eigenvalue weighted by Gasteiger charge is -2.36. The zero-order valence-electron chi connectivity index (χ0n) is 8.92. The van der Waals surface area contributed by atoms with Crippen LogP contribution in [0.5, 0.6) is 0 Å². The standard InChI is InChI=1S/C12H15F2NO/c13-9-2-1-3-10(14)11(9)12(15)6-4-8(16)5-7-12/h1-3,8,16H,4-7,15H2. The maximum Gasteiger partial charge on any atom is 0.131 e. The first kappa shape index (κ1) is 11.5. The Morgan fingerprint density at radius 2 is 1.69 bits per heavy atom. The van der Waals surface area contributed by atoms with Crippen molar-refractivity contribution < 1.29 is 13.9 Å². The molecule has 0 atom stereocenters. The van der Waals surface area contributed by atoms with Crippen LogP contribution in [0.2, 0.25) is 0 Å². The molecule has 16 heavy (non-hydrogen) atoms. The van der Waals surface area contributed by atoms with E-state index in [-0.39, 0.29) is 5.56 Å². The van der Waals surface area contributed by atoms with Crippen LogP contribution in [0.1, 0.15) is 31.2 Å². The van der Waals surface area contributed by atoms with E-state index >= 15 is 0 Å². The van der Waals surface area contributed by atoms with Crippen molar-refractivity contribution in [2.45, 2.75) is 37.3 Å². The molecule has 0 radical (unpaired) electrons. The molecular weight excluding hydrogens is 212 g/mol. The van der Waals surface area contributed by atoms with Crippen LogP contribution in [0, 0.1) is 11.6 Å². The molecule has 0 amide bonds. The van der Waals surface area contributed by atoms with Gasteiger partial charge in [0, 0.05) is 11.1 Å². The van der Waals surface area contributed by atoms with Crippen LogP contribution in [0.4, 0.5) is 8.78 Å². The first-order valence-electron chi connectivity index (χ1n) is 5.44. The highest BCUT2D eigenvalue weighted by Gasteiger charge is 2.36. The van der Waals surface area contributed by atoms with Crippen molar-refractivity contribution >= 4 is 0 Å². The predicted molar refractivity (Wildman–Crippen MR) is 56.7 cm³/mol. The van der Waals surface area contributed by atoms with E-state index in [0.29, 0.717) is 25.7 Å². The quantitative estimate of drug-likeness (QED) is 0.771. The average Bonchev–Trinajstić information content (AvgIpc) is 2.23. The molecule has 3 N–H and O–H groups in total. The number of rotatable bonds is 1. The lowest BCUT2D eigenvalue weighted by molar-refractivity contribution is 0.0944. The van der Waals surface area contributed by atoms with Gasteiger partial charge in [-0.15, -0.1) is 0 Å². The Morgan fingerprint density at radius 3 is 2.19 bits per heavy atom. The minimum atomic E-state index is -0.978. The van der Waals surface area contributed by atoms with E-state index in [1.54, 1.807) is 0 Å². The van der Waals surface area contributed by atoms with Crippen LogP contribution < -0.4 is 5.73 Å². The summed E-state index contributed by atoms with van der Waals surface area (Å²) in [7, 11) is 0. The maximum atomic E-state index is 13.6. The number of halogens is 2. The van der Waals surface area contributed by atoms with Crippen molar-refractivity contribution in [3.63, 3.8) is 0 Å². The van der Waals surface area contributed by atoms with E-state index in [0.717, 1.165) is 0 Å². The molecule has 0 spiro atoms. The van der Waals surface area contributed by atoms with Gasteiger partial charge in [-0.05, 0) is 37.8 Å². The number of aliphatic hydroxyl groups excluding tert-OH is 1. The van der Waals surface area contributed by atoms with Crippen molar-refractivity contribution in [2.75, 3.05) is 0 Å².